The molecule has 1 nitrogen and oxygen atoms in total. The Bertz CT molecular complexity index is 92.0. The van der Waals surface area contributed by atoms with Crippen molar-refractivity contribution in [3.05, 3.63) is 0 Å². The third-order valence-corrected chi connectivity index (χ3v) is 3.21. The summed E-state index contributed by atoms with van der Waals surface area (Å²) >= 11 is 0. The van der Waals surface area contributed by atoms with E-state index in [1.807, 2.05) is 13.8 Å². The molecule has 1 saturated heterocycles. The first-order chi connectivity index (χ1) is 5.63. The number of carbonyl (C=O) groups excluding carboxylic acids is 1. The molecule has 0 spiro atoms. The standard InChI is InChI=1S/C5H11S.C3H6O.C2H6/c1-6-4-2-3-5-6;1-3(2)4;1-2/h2-5H2,1H3;1-2H3;1-2H3/q+1;;. The molecule has 74 valence electrons. The van der Waals surface area contributed by atoms with Gasteiger partial charge in [0.1, 0.15) is 17.3 Å². The van der Waals surface area contributed by atoms with E-state index in [1.165, 1.54) is 38.2 Å². The van der Waals surface area contributed by atoms with E-state index < -0.39 is 0 Å². The van der Waals surface area contributed by atoms with Crippen LogP contribution >= 0.6 is 0 Å². The first-order valence-corrected chi connectivity index (χ1v) is 6.66. The van der Waals surface area contributed by atoms with Crippen LogP contribution < -0.4 is 0 Å². The van der Waals surface area contributed by atoms with E-state index >= 15 is 0 Å². The predicted molar refractivity (Wildman–Crippen MR) is 60.0 cm³/mol. The molecular weight excluding hydrogens is 168 g/mol. The number of hydrogen-bond acceptors (Lipinski definition) is 1. The van der Waals surface area contributed by atoms with E-state index in [4.69, 9.17) is 0 Å². The first-order valence-electron chi connectivity index (χ1n) is 4.69. The molecule has 2 heteroatoms. The summed E-state index contributed by atoms with van der Waals surface area (Å²) in [5, 5.41) is 0. The second-order valence-corrected chi connectivity index (χ2v) is 5.18. The Morgan fingerprint density at radius 3 is 1.42 bits per heavy atom. The van der Waals surface area contributed by atoms with Gasteiger partial charge in [0, 0.05) is 0 Å². The SMILES string of the molecule is CC.CC(C)=O.C[S+]1CCCC1. The Balaban J connectivity index is 0. The Kier molecular flexibility index (Phi) is 13.4. The zero-order valence-electron chi connectivity index (χ0n) is 9.14. The fraction of sp³-hybridized carbons (Fsp3) is 0.900. The van der Waals surface area contributed by atoms with Gasteiger partial charge >= 0.3 is 0 Å². The van der Waals surface area contributed by atoms with Crippen molar-refractivity contribution < 1.29 is 4.79 Å². The highest BCUT2D eigenvalue weighted by molar-refractivity contribution is 7.96. The van der Waals surface area contributed by atoms with Crippen LogP contribution in [0.2, 0.25) is 0 Å². The van der Waals surface area contributed by atoms with E-state index in [0.717, 1.165) is 10.9 Å². The minimum Gasteiger partial charge on any atom is -0.300 e. The van der Waals surface area contributed by atoms with Gasteiger partial charge in [0.2, 0.25) is 0 Å². The molecule has 12 heavy (non-hydrogen) atoms. The summed E-state index contributed by atoms with van der Waals surface area (Å²) in [6, 6.07) is 0. The van der Waals surface area contributed by atoms with Gasteiger partial charge in [-0.1, -0.05) is 13.8 Å². The van der Waals surface area contributed by atoms with Crippen molar-refractivity contribution >= 4 is 16.7 Å². The molecule has 0 aliphatic carbocycles. The zero-order chi connectivity index (χ0) is 9.98. The van der Waals surface area contributed by atoms with Gasteiger partial charge in [-0.2, -0.15) is 0 Å². The fourth-order valence-corrected chi connectivity index (χ4v) is 2.40. The highest BCUT2D eigenvalue weighted by Crippen LogP contribution is 2.08. The van der Waals surface area contributed by atoms with E-state index in [0.29, 0.717) is 0 Å². The summed E-state index contributed by atoms with van der Waals surface area (Å²) in [6.45, 7) is 7.06. The van der Waals surface area contributed by atoms with E-state index in [1.54, 1.807) is 0 Å². The molecule has 0 bridgehead atoms. The maximum atomic E-state index is 9.44. The summed E-state index contributed by atoms with van der Waals surface area (Å²) in [5.74, 6) is 3.19. The van der Waals surface area contributed by atoms with Crippen molar-refractivity contribution in [1.82, 2.24) is 0 Å². The second kappa shape index (κ2) is 11.0. The van der Waals surface area contributed by atoms with E-state index in [9.17, 15) is 4.79 Å². The van der Waals surface area contributed by atoms with Crippen LogP contribution in [0.15, 0.2) is 0 Å². The summed E-state index contributed by atoms with van der Waals surface area (Å²) < 4.78 is 0. The van der Waals surface area contributed by atoms with Gasteiger partial charge in [-0.25, -0.2) is 0 Å². The molecule has 0 amide bonds. The summed E-state index contributed by atoms with van der Waals surface area (Å²) in [5.41, 5.74) is 0. The normalized spacial score (nSPS) is 15.4. The van der Waals surface area contributed by atoms with Crippen molar-refractivity contribution in [2.75, 3.05) is 17.8 Å². The Hall–Kier alpha value is 0.0200. The van der Waals surface area contributed by atoms with Gasteiger partial charge in [-0.15, -0.1) is 0 Å². The quantitative estimate of drug-likeness (QED) is 0.538. The number of ketones is 1. The summed E-state index contributed by atoms with van der Waals surface area (Å²) in [4.78, 5) is 9.44. The zero-order valence-corrected chi connectivity index (χ0v) is 9.96. The van der Waals surface area contributed by atoms with Gasteiger partial charge in [0.15, 0.2) is 0 Å². The lowest BCUT2D eigenvalue weighted by atomic mass is 10.4. The second-order valence-electron chi connectivity index (χ2n) is 2.81. The fourth-order valence-electron chi connectivity index (χ4n) is 0.799. The van der Waals surface area contributed by atoms with Crippen molar-refractivity contribution in [1.29, 1.82) is 0 Å². The maximum Gasteiger partial charge on any atom is 0.126 e. The molecular formula is C10H23OS+. The smallest absolute Gasteiger partial charge is 0.126 e. The lowest BCUT2D eigenvalue weighted by Gasteiger charge is -1.81. The average Bonchev–Trinajstić information content (AvgIpc) is 2.43. The monoisotopic (exact) mass is 191 g/mol. The van der Waals surface area contributed by atoms with Crippen molar-refractivity contribution in [3.63, 3.8) is 0 Å². The lowest BCUT2D eigenvalue weighted by Crippen LogP contribution is -1.96. The molecule has 1 fully saturated rings. The molecule has 0 radical (unpaired) electrons. The number of rotatable bonds is 0. The molecule has 1 aliphatic rings. The minimum atomic E-state index is 0.167. The third-order valence-electron chi connectivity index (χ3n) is 1.24. The largest absolute Gasteiger partial charge is 0.300 e. The molecule has 0 saturated carbocycles. The van der Waals surface area contributed by atoms with Crippen LogP contribution in [0.25, 0.3) is 0 Å². The van der Waals surface area contributed by atoms with Crippen molar-refractivity contribution in [2.24, 2.45) is 0 Å². The molecule has 0 aromatic carbocycles. The maximum absolute atomic E-state index is 9.44. The van der Waals surface area contributed by atoms with Crippen LogP contribution in [0.1, 0.15) is 40.5 Å². The molecule has 0 N–H and O–H groups in total. The highest BCUT2D eigenvalue weighted by atomic mass is 32.2. The van der Waals surface area contributed by atoms with Crippen LogP contribution in [0, 0.1) is 0 Å². The summed E-state index contributed by atoms with van der Waals surface area (Å²) in [7, 11) is 0.827. The molecule has 1 rings (SSSR count). The van der Waals surface area contributed by atoms with Gasteiger partial charge in [0.05, 0.1) is 6.26 Å². The Labute approximate surface area is 80.3 Å². The van der Waals surface area contributed by atoms with Crippen molar-refractivity contribution in [3.8, 4) is 0 Å². The lowest BCUT2D eigenvalue weighted by molar-refractivity contribution is -0.114. The summed E-state index contributed by atoms with van der Waals surface area (Å²) in [6.07, 6.45) is 5.37. The Morgan fingerprint density at radius 2 is 1.33 bits per heavy atom. The molecule has 1 heterocycles. The average molecular weight is 191 g/mol. The number of hydrogen-bond donors (Lipinski definition) is 0. The van der Waals surface area contributed by atoms with Crippen molar-refractivity contribution in [2.45, 2.75) is 40.5 Å². The van der Waals surface area contributed by atoms with Gasteiger partial charge in [-0.05, 0) is 37.6 Å². The predicted octanol–water partition coefficient (Wildman–Crippen LogP) is 2.65. The van der Waals surface area contributed by atoms with Gasteiger partial charge < -0.3 is 4.79 Å². The minimum absolute atomic E-state index is 0.167. The third kappa shape index (κ3) is 16.5. The highest BCUT2D eigenvalue weighted by Gasteiger charge is 2.16. The van der Waals surface area contributed by atoms with Crippen LogP contribution in [0.4, 0.5) is 0 Å². The first kappa shape index (κ1) is 14.5. The molecule has 0 unspecified atom stereocenters. The van der Waals surface area contributed by atoms with Crippen LogP contribution in [0.5, 0.6) is 0 Å². The van der Waals surface area contributed by atoms with Crippen LogP contribution in [-0.2, 0) is 15.7 Å². The Morgan fingerprint density at radius 1 is 1.08 bits per heavy atom. The molecule has 1 aliphatic heterocycles. The van der Waals surface area contributed by atoms with Crippen LogP contribution in [-0.4, -0.2) is 23.5 Å². The van der Waals surface area contributed by atoms with Gasteiger partial charge in [0.25, 0.3) is 0 Å². The number of carbonyl (C=O) groups is 1. The molecule has 0 aromatic rings. The molecule has 0 aromatic heterocycles. The molecule has 0 atom stereocenters. The topological polar surface area (TPSA) is 17.1 Å². The number of Topliss-reactive ketones (excluding diaryl/α,β-unsaturated/α-hetero) is 1. The van der Waals surface area contributed by atoms with Crippen LogP contribution in [0.3, 0.4) is 0 Å². The van der Waals surface area contributed by atoms with E-state index in [-0.39, 0.29) is 5.78 Å². The van der Waals surface area contributed by atoms with E-state index in [2.05, 4.69) is 6.26 Å². The van der Waals surface area contributed by atoms with Gasteiger partial charge in [-0.3, -0.25) is 0 Å².